The van der Waals surface area contributed by atoms with Crippen LogP contribution in [-0.4, -0.2) is 59.3 Å². The van der Waals surface area contributed by atoms with Crippen molar-refractivity contribution in [2.24, 2.45) is 0 Å². The summed E-state index contributed by atoms with van der Waals surface area (Å²) in [6, 6.07) is 0. The second-order valence-electron chi connectivity index (χ2n) is 8.39. The highest BCUT2D eigenvalue weighted by Crippen LogP contribution is 2.45. The van der Waals surface area contributed by atoms with Crippen molar-refractivity contribution in [2.75, 3.05) is 54.9 Å². The molecule has 3 N–H and O–H groups in total. The molecule has 9 nitrogen and oxygen atoms in total. The Morgan fingerprint density at radius 2 is 1.80 bits per heavy atom. The Kier molecular flexibility index (Phi) is 4.82. The fourth-order valence-electron chi connectivity index (χ4n) is 4.97. The quantitative estimate of drug-likeness (QED) is 0.734. The number of aryl methyl sites for hydroxylation is 1. The fraction of sp³-hybridized carbons (Fsp3) is 0.600. The van der Waals surface area contributed by atoms with Crippen molar-refractivity contribution in [1.82, 2.24) is 19.9 Å². The number of hydrogen-bond acceptors (Lipinski definition) is 8. The minimum Gasteiger partial charge on any atom is -0.378 e. The molecule has 10 heteroatoms. The number of aromatic nitrogens is 4. The van der Waals surface area contributed by atoms with E-state index in [2.05, 4.69) is 24.8 Å². The van der Waals surface area contributed by atoms with E-state index in [0.717, 1.165) is 63.1 Å². The van der Waals surface area contributed by atoms with Gasteiger partial charge in [-0.1, -0.05) is 11.6 Å². The van der Waals surface area contributed by atoms with Crippen LogP contribution in [-0.2, 0) is 16.6 Å². The van der Waals surface area contributed by atoms with Gasteiger partial charge in [-0.15, -0.1) is 0 Å². The molecular formula is C20H26ClN7O2. The van der Waals surface area contributed by atoms with Crippen LogP contribution < -0.4 is 21.1 Å². The Hall–Kier alpha value is -2.39. The summed E-state index contributed by atoms with van der Waals surface area (Å²) in [6.45, 7) is 6.22. The van der Waals surface area contributed by atoms with Crippen LogP contribution in [0, 0.1) is 6.92 Å². The van der Waals surface area contributed by atoms with Gasteiger partial charge in [0.1, 0.15) is 5.02 Å². The number of piperidine rings is 1. The third-order valence-electron chi connectivity index (χ3n) is 6.71. The average molecular weight is 432 g/mol. The van der Waals surface area contributed by atoms with E-state index in [1.807, 2.05) is 6.92 Å². The van der Waals surface area contributed by atoms with Gasteiger partial charge in [0.25, 0.3) is 5.56 Å². The van der Waals surface area contributed by atoms with Gasteiger partial charge in [0.2, 0.25) is 11.9 Å². The van der Waals surface area contributed by atoms with Crippen LogP contribution in [0.2, 0.25) is 5.02 Å². The van der Waals surface area contributed by atoms with Gasteiger partial charge >= 0.3 is 0 Å². The lowest BCUT2D eigenvalue weighted by Crippen LogP contribution is -2.43. The molecule has 0 unspecified atom stereocenters. The number of nitrogens with two attached hydrogens (primary N) is 1. The van der Waals surface area contributed by atoms with Crippen molar-refractivity contribution in [3.63, 3.8) is 0 Å². The number of nitrogens with one attached hydrogen (secondary N) is 1. The number of nitrogens with zero attached hydrogens (tertiary/aromatic N) is 5. The molecule has 2 aromatic heterocycles. The second kappa shape index (κ2) is 7.39. The number of fused-ring (bicyclic) bond motifs is 2. The zero-order chi connectivity index (χ0) is 20.9. The van der Waals surface area contributed by atoms with E-state index in [-0.39, 0.29) is 16.9 Å². The van der Waals surface area contributed by atoms with Crippen LogP contribution in [0.1, 0.15) is 36.2 Å². The topological polar surface area (TPSA) is 113 Å². The molecule has 0 amide bonds. The summed E-state index contributed by atoms with van der Waals surface area (Å²) < 4.78 is 5.44. The third kappa shape index (κ3) is 3.20. The highest BCUT2D eigenvalue weighted by molar-refractivity contribution is 6.33. The maximum Gasteiger partial charge on any atom is 0.255 e. The largest absolute Gasteiger partial charge is 0.378 e. The van der Waals surface area contributed by atoms with Crippen molar-refractivity contribution in [1.29, 1.82) is 0 Å². The number of anilines is 3. The van der Waals surface area contributed by atoms with Crippen molar-refractivity contribution in [3.8, 4) is 0 Å². The highest BCUT2D eigenvalue weighted by atomic mass is 35.5. The highest BCUT2D eigenvalue weighted by Gasteiger charge is 2.44. The van der Waals surface area contributed by atoms with Crippen LogP contribution in [0.5, 0.6) is 0 Å². The van der Waals surface area contributed by atoms with Gasteiger partial charge in [-0.2, -0.15) is 4.98 Å². The van der Waals surface area contributed by atoms with Crippen LogP contribution in [0.3, 0.4) is 0 Å². The molecule has 0 radical (unpaired) electrons. The summed E-state index contributed by atoms with van der Waals surface area (Å²) in [5.74, 6) is 1.61. The molecule has 2 aliphatic heterocycles. The van der Waals surface area contributed by atoms with Crippen molar-refractivity contribution in [2.45, 2.75) is 38.0 Å². The van der Waals surface area contributed by atoms with E-state index in [1.165, 1.54) is 0 Å². The first-order chi connectivity index (χ1) is 14.5. The van der Waals surface area contributed by atoms with Crippen molar-refractivity contribution < 1.29 is 4.74 Å². The molecule has 5 rings (SSSR count). The van der Waals surface area contributed by atoms with E-state index >= 15 is 0 Å². The van der Waals surface area contributed by atoms with Crippen LogP contribution in [0.15, 0.2) is 4.79 Å². The van der Waals surface area contributed by atoms with Crippen molar-refractivity contribution in [3.05, 3.63) is 32.3 Å². The summed E-state index contributed by atoms with van der Waals surface area (Å²) in [4.78, 5) is 33.6. The molecule has 2 fully saturated rings. The number of aromatic amines is 1. The maximum atomic E-state index is 12.8. The lowest BCUT2D eigenvalue weighted by Gasteiger charge is -2.40. The number of rotatable bonds is 2. The number of halogens is 1. The molecule has 30 heavy (non-hydrogen) atoms. The molecule has 160 valence electrons. The second-order valence-corrected chi connectivity index (χ2v) is 8.77. The Morgan fingerprint density at radius 3 is 2.53 bits per heavy atom. The lowest BCUT2D eigenvalue weighted by atomic mass is 9.76. The van der Waals surface area contributed by atoms with E-state index in [0.29, 0.717) is 35.7 Å². The Bertz CT molecular complexity index is 1030. The third-order valence-corrected chi connectivity index (χ3v) is 7.15. The molecule has 4 heterocycles. The molecule has 0 aromatic carbocycles. The predicted octanol–water partition coefficient (Wildman–Crippen LogP) is 1.42. The standard InChI is InChI=1S/C20H26ClN7O2/c1-12-14(21)16(25-18(22)23-12)27-6-4-20(5-7-27)3-2-13-15(20)24-19(26-17(13)29)28-8-10-30-11-9-28/h2-11H2,1H3,(H2,22,23,25)(H,24,26,29). The number of nitrogen functional groups attached to an aromatic ring is 1. The molecular weight excluding hydrogens is 406 g/mol. The molecule has 2 aromatic rings. The number of morpholine rings is 1. The van der Waals surface area contributed by atoms with Crippen LogP contribution in [0.4, 0.5) is 17.7 Å². The summed E-state index contributed by atoms with van der Waals surface area (Å²) in [5, 5.41) is 0.552. The zero-order valence-corrected chi connectivity index (χ0v) is 17.8. The van der Waals surface area contributed by atoms with Gasteiger partial charge in [-0.05, 0) is 32.6 Å². The SMILES string of the molecule is Cc1nc(N)nc(N2CCC3(CCc4c3nc(N3CCOCC3)[nH]c4=O)CC2)c1Cl. The molecule has 3 aliphatic rings. The lowest BCUT2D eigenvalue weighted by molar-refractivity contribution is 0.122. The van der Waals surface area contributed by atoms with Crippen LogP contribution >= 0.6 is 11.6 Å². The molecule has 1 spiro atoms. The smallest absolute Gasteiger partial charge is 0.255 e. The molecule has 0 bridgehead atoms. The average Bonchev–Trinajstić information content (AvgIpc) is 3.10. The van der Waals surface area contributed by atoms with E-state index < -0.39 is 0 Å². The Labute approximate surface area is 179 Å². The van der Waals surface area contributed by atoms with Crippen molar-refractivity contribution >= 4 is 29.3 Å². The first-order valence-corrected chi connectivity index (χ1v) is 10.9. The summed E-state index contributed by atoms with van der Waals surface area (Å²) in [7, 11) is 0. The predicted molar refractivity (Wildman–Crippen MR) is 116 cm³/mol. The summed E-state index contributed by atoms with van der Waals surface area (Å²) >= 11 is 6.46. The minimum atomic E-state index is -0.0682. The number of hydrogen-bond donors (Lipinski definition) is 2. The van der Waals surface area contributed by atoms with E-state index in [1.54, 1.807) is 0 Å². The summed E-state index contributed by atoms with van der Waals surface area (Å²) in [5.41, 5.74) is 8.30. The van der Waals surface area contributed by atoms with Gasteiger partial charge in [0.05, 0.1) is 24.6 Å². The van der Waals surface area contributed by atoms with E-state index in [4.69, 9.17) is 27.1 Å². The van der Waals surface area contributed by atoms with Gasteiger partial charge in [0.15, 0.2) is 5.82 Å². The first kappa shape index (κ1) is 19.6. The van der Waals surface area contributed by atoms with Gasteiger partial charge < -0.3 is 20.3 Å². The molecule has 1 aliphatic carbocycles. The number of ether oxygens (including phenoxy) is 1. The Morgan fingerprint density at radius 1 is 1.07 bits per heavy atom. The van der Waals surface area contributed by atoms with Crippen LogP contribution in [0.25, 0.3) is 0 Å². The minimum absolute atomic E-state index is 0.00281. The molecule has 0 saturated carbocycles. The van der Waals surface area contributed by atoms with Gasteiger partial charge in [0, 0.05) is 37.2 Å². The van der Waals surface area contributed by atoms with Gasteiger partial charge in [-0.3, -0.25) is 9.78 Å². The molecule has 0 atom stereocenters. The Balaban J connectivity index is 1.42. The zero-order valence-electron chi connectivity index (χ0n) is 17.1. The number of H-pyrrole nitrogens is 1. The fourth-order valence-corrected chi connectivity index (χ4v) is 5.18. The maximum absolute atomic E-state index is 12.8. The molecule has 2 saturated heterocycles. The van der Waals surface area contributed by atoms with E-state index in [9.17, 15) is 4.79 Å². The normalized spacial score (nSPS) is 20.6. The first-order valence-electron chi connectivity index (χ1n) is 10.5. The monoisotopic (exact) mass is 431 g/mol. The van der Waals surface area contributed by atoms with Gasteiger partial charge in [-0.25, -0.2) is 9.97 Å². The summed E-state index contributed by atoms with van der Waals surface area (Å²) in [6.07, 6.45) is 3.54.